The molecule has 2 aliphatic heterocycles. The highest BCUT2D eigenvalue weighted by atomic mass is 16.5. The fourth-order valence-electron chi connectivity index (χ4n) is 4.47. The molecule has 1 aliphatic carbocycles. The Morgan fingerprint density at radius 1 is 1.38 bits per heavy atom. The topological polar surface area (TPSA) is 72.9 Å². The van der Waals surface area contributed by atoms with Gasteiger partial charge in [-0.15, -0.1) is 0 Å². The molecule has 1 aromatic carbocycles. The molecule has 1 aromatic heterocycles. The first kappa shape index (κ1) is 15.1. The van der Waals surface area contributed by atoms with E-state index in [9.17, 15) is 14.7 Å². The highest BCUT2D eigenvalue weighted by Crippen LogP contribution is 2.51. The average molecular weight is 346 g/mol. The van der Waals surface area contributed by atoms with Crippen LogP contribution in [-0.2, 0) is 11.2 Å². The van der Waals surface area contributed by atoms with Gasteiger partial charge in [0.05, 0.1) is 12.6 Å². The van der Waals surface area contributed by atoms with Gasteiger partial charge in [0.25, 0.3) is 0 Å². The minimum atomic E-state index is -1.22. The van der Waals surface area contributed by atoms with Crippen molar-refractivity contribution in [2.45, 2.75) is 25.0 Å². The van der Waals surface area contributed by atoms with Gasteiger partial charge < -0.3 is 14.4 Å². The Bertz CT molecular complexity index is 1120. The number of hydrogen-bond donors (Lipinski definition) is 1. The molecule has 1 N–H and O–H groups in total. The predicted octanol–water partition coefficient (Wildman–Crippen LogP) is 2.91. The zero-order chi connectivity index (χ0) is 18.0. The first-order chi connectivity index (χ1) is 12.6. The minimum Gasteiger partial charge on any atom is -0.477 e. The Morgan fingerprint density at radius 3 is 3.00 bits per heavy atom. The Morgan fingerprint density at radius 2 is 2.23 bits per heavy atom. The van der Waals surface area contributed by atoms with Crippen LogP contribution in [0.3, 0.4) is 0 Å². The van der Waals surface area contributed by atoms with Crippen molar-refractivity contribution >= 4 is 22.8 Å². The summed E-state index contributed by atoms with van der Waals surface area (Å²) in [7, 11) is 0. The molecular weight excluding hydrogens is 332 g/mol. The van der Waals surface area contributed by atoms with Crippen molar-refractivity contribution in [3.8, 4) is 0 Å². The Kier molecular flexibility index (Phi) is 3.00. The van der Waals surface area contributed by atoms with E-state index in [-0.39, 0.29) is 17.7 Å². The van der Waals surface area contributed by atoms with Gasteiger partial charge >= 0.3 is 5.97 Å². The quantitative estimate of drug-likeness (QED) is 0.806. The number of carbonyl (C=O) groups is 1. The molecule has 0 unspecified atom stereocenters. The van der Waals surface area contributed by atoms with E-state index in [1.165, 1.54) is 12.3 Å². The van der Waals surface area contributed by atoms with Crippen LogP contribution in [-0.4, -0.2) is 28.4 Å². The van der Waals surface area contributed by atoms with E-state index in [1.54, 1.807) is 6.07 Å². The number of carboxylic acids is 1. The second-order valence-corrected chi connectivity index (χ2v) is 6.78. The highest BCUT2D eigenvalue weighted by Gasteiger charge is 2.43. The van der Waals surface area contributed by atoms with Crippen LogP contribution in [0.5, 0.6) is 0 Å². The van der Waals surface area contributed by atoms with E-state index < -0.39 is 11.4 Å². The second-order valence-electron chi connectivity index (χ2n) is 6.78. The predicted molar refractivity (Wildman–Crippen MR) is 94.3 cm³/mol. The Balaban J connectivity index is 1.80. The zero-order valence-electron chi connectivity index (χ0n) is 13.7. The lowest BCUT2D eigenvalue weighted by atomic mass is 9.89. The number of rotatable bonds is 1. The molecule has 6 nitrogen and oxygen atoms in total. The normalized spacial score (nSPS) is 22.3. The zero-order valence-corrected chi connectivity index (χ0v) is 13.7. The van der Waals surface area contributed by atoms with Crippen LogP contribution >= 0.6 is 0 Å². The summed E-state index contributed by atoms with van der Waals surface area (Å²) in [6.45, 7) is 8.01. The van der Waals surface area contributed by atoms with Crippen LogP contribution in [0.2, 0.25) is 0 Å². The standard InChI is InChI=1S/C20H14N2O4/c1-21-14-4-2-3-10-11(14)7-12-16-8-17(23)13(20(24)25)9-22(16)15-5-6-26-19(15)18(10)12/h2-4,8-9,15,19H,5-7H2,(H,24,25)/t15-,19+/m1/s1. The van der Waals surface area contributed by atoms with Gasteiger partial charge in [0.2, 0.25) is 0 Å². The lowest BCUT2D eigenvalue weighted by Crippen LogP contribution is -2.31. The minimum absolute atomic E-state index is 0.0370. The molecule has 2 atom stereocenters. The fraction of sp³-hybridized carbons (Fsp3) is 0.250. The van der Waals surface area contributed by atoms with E-state index in [2.05, 4.69) is 4.85 Å². The second kappa shape index (κ2) is 5.16. The van der Waals surface area contributed by atoms with E-state index in [1.807, 2.05) is 16.7 Å². The lowest BCUT2D eigenvalue weighted by Gasteiger charge is -2.32. The van der Waals surface area contributed by atoms with E-state index in [4.69, 9.17) is 11.3 Å². The average Bonchev–Trinajstić information content (AvgIpc) is 3.25. The maximum atomic E-state index is 12.3. The summed E-state index contributed by atoms with van der Waals surface area (Å²) in [5, 5.41) is 9.32. The molecule has 0 amide bonds. The van der Waals surface area contributed by atoms with Crippen molar-refractivity contribution in [3.63, 3.8) is 0 Å². The van der Waals surface area contributed by atoms with Gasteiger partial charge in [-0.3, -0.25) is 4.79 Å². The monoisotopic (exact) mass is 346 g/mol. The van der Waals surface area contributed by atoms with Gasteiger partial charge in [-0.2, -0.15) is 0 Å². The molecule has 2 aromatic rings. The van der Waals surface area contributed by atoms with Crippen molar-refractivity contribution in [1.29, 1.82) is 0 Å². The molecule has 0 bridgehead atoms. The van der Waals surface area contributed by atoms with Crippen LogP contribution in [0.15, 0.2) is 35.3 Å². The van der Waals surface area contributed by atoms with Gasteiger partial charge in [0.1, 0.15) is 11.7 Å². The number of aromatic nitrogens is 1. The molecule has 128 valence electrons. The maximum absolute atomic E-state index is 12.3. The molecule has 3 aliphatic rings. The number of fused-ring (bicyclic) bond motifs is 7. The number of aromatic carboxylic acids is 1. The largest absolute Gasteiger partial charge is 0.477 e. The van der Waals surface area contributed by atoms with E-state index in [0.717, 1.165) is 34.4 Å². The summed E-state index contributed by atoms with van der Waals surface area (Å²) in [6.07, 6.45) is 2.59. The number of ether oxygens (including phenoxy) is 1. The molecule has 0 radical (unpaired) electrons. The molecule has 1 fully saturated rings. The van der Waals surface area contributed by atoms with Crippen molar-refractivity contribution in [2.24, 2.45) is 0 Å². The van der Waals surface area contributed by atoms with Crippen LogP contribution in [0.1, 0.15) is 39.6 Å². The molecule has 26 heavy (non-hydrogen) atoms. The fourth-order valence-corrected chi connectivity index (χ4v) is 4.47. The van der Waals surface area contributed by atoms with Crippen LogP contribution in [0.4, 0.5) is 5.69 Å². The molecule has 5 rings (SSSR count). The number of allylic oxidation sites excluding steroid dienone is 1. The first-order valence-electron chi connectivity index (χ1n) is 8.44. The summed E-state index contributed by atoms with van der Waals surface area (Å²) in [5.41, 5.74) is 4.65. The van der Waals surface area contributed by atoms with E-state index in [0.29, 0.717) is 18.7 Å². The van der Waals surface area contributed by atoms with Crippen molar-refractivity contribution in [2.75, 3.05) is 6.61 Å². The van der Waals surface area contributed by atoms with Crippen LogP contribution in [0.25, 0.3) is 16.0 Å². The summed E-state index contributed by atoms with van der Waals surface area (Å²) in [6, 6.07) is 7.07. The third kappa shape index (κ3) is 1.83. The lowest BCUT2D eigenvalue weighted by molar-refractivity contribution is 0.0693. The smallest absolute Gasteiger partial charge is 0.341 e. The number of pyridine rings is 1. The molecule has 3 heterocycles. The Labute approximate surface area is 148 Å². The van der Waals surface area contributed by atoms with Crippen molar-refractivity contribution in [1.82, 2.24) is 4.57 Å². The highest BCUT2D eigenvalue weighted by molar-refractivity contribution is 6.01. The summed E-state index contributed by atoms with van der Waals surface area (Å²) < 4.78 is 7.90. The molecule has 0 spiro atoms. The van der Waals surface area contributed by atoms with Crippen LogP contribution < -0.4 is 5.43 Å². The summed E-state index contributed by atoms with van der Waals surface area (Å²) >= 11 is 0. The molecule has 0 saturated carbocycles. The molecular formula is C20H14N2O4. The van der Waals surface area contributed by atoms with Gasteiger partial charge in [-0.05, 0) is 35.1 Å². The maximum Gasteiger partial charge on any atom is 0.341 e. The third-order valence-corrected chi connectivity index (χ3v) is 5.56. The van der Waals surface area contributed by atoms with Gasteiger partial charge in [0, 0.05) is 24.6 Å². The summed E-state index contributed by atoms with van der Waals surface area (Å²) in [5.74, 6) is -1.22. The number of carboxylic acid groups (broad SMARTS) is 1. The van der Waals surface area contributed by atoms with E-state index >= 15 is 0 Å². The van der Waals surface area contributed by atoms with Crippen molar-refractivity contribution in [3.05, 3.63) is 74.5 Å². The van der Waals surface area contributed by atoms with Crippen molar-refractivity contribution < 1.29 is 14.6 Å². The first-order valence-corrected chi connectivity index (χ1v) is 8.44. The SMILES string of the molecule is [C-]#[N+]c1cccc2c1CC1=C2[C@H]2OCC[C@H]2n2cc(C(=O)O)c(=O)cc21. The summed E-state index contributed by atoms with van der Waals surface area (Å²) in [4.78, 5) is 27.3. The van der Waals surface area contributed by atoms with Gasteiger partial charge in [-0.25, -0.2) is 9.64 Å². The number of hydrogen-bond acceptors (Lipinski definition) is 3. The Hall–Kier alpha value is -3.17. The molecule has 1 saturated heterocycles. The van der Waals surface area contributed by atoms with Crippen LogP contribution in [0, 0.1) is 6.57 Å². The molecule has 6 heteroatoms. The van der Waals surface area contributed by atoms with Gasteiger partial charge in [0.15, 0.2) is 11.1 Å². The number of benzene rings is 1. The third-order valence-electron chi connectivity index (χ3n) is 5.56. The number of nitrogens with zero attached hydrogens (tertiary/aromatic N) is 2. The van der Waals surface area contributed by atoms with Gasteiger partial charge in [-0.1, -0.05) is 18.2 Å².